The van der Waals surface area contributed by atoms with E-state index in [1.165, 1.54) is 6.92 Å². The van der Waals surface area contributed by atoms with E-state index in [1.807, 2.05) is 36.4 Å². The number of ether oxygens (including phenoxy) is 1. The zero-order valence-corrected chi connectivity index (χ0v) is 16.3. The lowest BCUT2D eigenvalue weighted by atomic mass is 9.98. The SMILES string of the molecule is C[C@H](CC(=O)O)NC(=O)[C@@H](C)NC(=O)OCC1c2ccccc2-c2ccccc21. The van der Waals surface area contributed by atoms with Crippen molar-refractivity contribution in [1.29, 1.82) is 0 Å². The highest BCUT2D eigenvalue weighted by Crippen LogP contribution is 2.44. The molecule has 0 bridgehead atoms. The second-order valence-electron chi connectivity index (χ2n) is 7.20. The van der Waals surface area contributed by atoms with Crippen LogP contribution in [0.15, 0.2) is 48.5 Å². The topological polar surface area (TPSA) is 105 Å². The van der Waals surface area contributed by atoms with E-state index in [-0.39, 0.29) is 18.9 Å². The van der Waals surface area contributed by atoms with Gasteiger partial charge in [-0.3, -0.25) is 9.59 Å². The summed E-state index contributed by atoms with van der Waals surface area (Å²) in [7, 11) is 0. The molecule has 3 rings (SSSR count). The number of benzene rings is 2. The Labute approximate surface area is 169 Å². The van der Waals surface area contributed by atoms with E-state index in [2.05, 4.69) is 22.8 Å². The highest BCUT2D eigenvalue weighted by Gasteiger charge is 2.29. The van der Waals surface area contributed by atoms with Crippen molar-refractivity contribution in [3.8, 4) is 11.1 Å². The van der Waals surface area contributed by atoms with Gasteiger partial charge < -0.3 is 20.5 Å². The molecule has 0 saturated heterocycles. The molecule has 7 nitrogen and oxygen atoms in total. The predicted octanol–water partition coefficient (Wildman–Crippen LogP) is 2.89. The first-order chi connectivity index (χ1) is 13.9. The highest BCUT2D eigenvalue weighted by atomic mass is 16.5. The van der Waals surface area contributed by atoms with Crippen molar-refractivity contribution >= 4 is 18.0 Å². The van der Waals surface area contributed by atoms with Crippen molar-refractivity contribution in [1.82, 2.24) is 10.6 Å². The number of alkyl carbamates (subject to hydrolysis) is 1. The first kappa shape index (κ1) is 20.4. The van der Waals surface area contributed by atoms with Gasteiger partial charge >= 0.3 is 12.1 Å². The number of carbonyl (C=O) groups is 3. The van der Waals surface area contributed by atoms with Crippen LogP contribution < -0.4 is 10.6 Å². The van der Waals surface area contributed by atoms with Crippen LogP contribution in [0, 0.1) is 0 Å². The summed E-state index contributed by atoms with van der Waals surface area (Å²) in [4.78, 5) is 35.0. The standard InChI is InChI=1S/C22H24N2O5/c1-13(11-20(25)26)23-21(27)14(2)24-22(28)29-12-19-17-9-5-3-7-15(17)16-8-4-6-10-18(16)19/h3-10,13-14,19H,11-12H2,1-2H3,(H,23,27)(H,24,28)(H,25,26)/t13-,14-/m1/s1. The molecule has 0 aromatic heterocycles. The third-order valence-corrected chi connectivity index (χ3v) is 4.94. The van der Waals surface area contributed by atoms with Crippen molar-refractivity contribution in [2.24, 2.45) is 0 Å². The van der Waals surface area contributed by atoms with Gasteiger partial charge in [0.1, 0.15) is 12.6 Å². The zero-order valence-electron chi connectivity index (χ0n) is 16.3. The number of aliphatic carboxylic acids is 1. The normalized spacial score (nSPS) is 14.3. The third kappa shape index (κ3) is 4.74. The Balaban J connectivity index is 1.57. The van der Waals surface area contributed by atoms with Crippen LogP contribution in [0.3, 0.4) is 0 Å². The average Bonchev–Trinajstić information content (AvgIpc) is 2.99. The van der Waals surface area contributed by atoms with Gasteiger partial charge in [-0.15, -0.1) is 0 Å². The lowest BCUT2D eigenvalue weighted by Gasteiger charge is -2.18. The van der Waals surface area contributed by atoms with Crippen LogP contribution in [0.5, 0.6) is 0 Å². The molecule has 0 heterocycles. The van der Waals surface area contributed by atoms with Crippen molar-refractivity contribution in [3.05, 3.63) is 59.7 Å². The second-order valence-corrected chi connectivity index (χ2v) is 7.20. The molecule has 0 aliphatic heterocycles. The van der Waals surface area contributed by atoms with Crippen LogP contribution in [0.2, 0.25) is 0 Å². The van der Waals surface area contributed by atoms with Crippen LogP contribution in [0.1, 0.15) is 37.3 Å². The summed E-state index contributed by atoms with van der Waals surface area (Å²) >= 11 is 0. The minimum absolute atomic E-state index is 0.0622. The lowest BCUT2D eigenvalue weighted by molar-refractivity contribution is -0.137. The second kappa shape index (κ2) is 8.77. The summed E-state index contributed by atoms with van der Waals surface area (Å²) in [6.45, 7) is 3.26. The minimum Gasteiger partial charge on any atom is -0.481 e. The van der Waals surface area contributed by atoms with Gasteiger partial charge in [0.2, 0.25) is 5.91 Å². The fourth-order valence-corrected chi connectivity index (χ4v) is 3.56. The van der Waals surface area contributed by atoms with Gasteiger partial charge in [0.25, 0.3) is 0 Å². The minimum atomic E-state index is -1.00. The van der Waals surface area contributed by atoms with Crippen molar-refractivity contribution in [3.63, 3.8) is 0 Å². The number of amides is 2. The van der Waals surface area contributed by atoms with Gasteiger partial charge in [0, 0.05) is 12.0 Å². The Morgan fingerprint density at radius 2 is 1.52 bits per heavy atom. The number of carboxylic acids is 1. The molecule has 29 heavy (non-hydrogen) atoms. The van der Waals surface area contributed by atoms with E-state index in [1.54, 1.807) is 6.92 Å². The molecular weight excluding hydrogens is 372 g/mol. The number of hydrogen-bond acceptors (Lipinski definition) is 4. The Hall–Kier alpha value is -3.35. The van der Waals surface area contributed by atoms with E-state index < -0.39 is 30.1 Å². The number of rotatable bonds is 7. The quantitative estimate of drug-likeness (QED) is 0.667. The van der Waals surface area contributed by atoms with E-state index in [4.69, 9.17) is 9.84 Å². The summed E-state index contributed by atoms with van der Waals surface area (Å²) in [6.07, 6.45) is -0.885. The maximum absolute atomic E-state index is 12.2. The largest absolute Gasteiger partial charge is 0.481 e. The third-order valence-electron chi connectivity index (χ3n) is 4.94. The first-order valence-corrected chi connectivity index (χ1v) is 9.50. The van der Waals surface area contributed by atoms with Gasteiger partial charge in [-0.2, -0.15) is 0 Å². The highest BCUT2D eigenvalue weighted by molar-refractivity contribution is 5.86. The monoisotopic (exact) mass is 396 g/mol. The van der Waals surface area contributed by atoms with E-state index in [0.29, 0.717) is 0 Å². The van der Waals surface area contributed by atoms with Gasteiger partial charge in [-0.05, 0) is 36.1 Å². The number of fused-ring (bicyclic) bond motifs is 3. The molecule has 2 aromatic carbocycles. The Kier molecular flexibility index (Phi) is 6.16. The van der Waals surface area contributed by atoms with E-state index in [9.17, 15) is 14.4 Å². The van der Waals surface area contributed by atoms with Crippen LogP contribution in [-0.2, 0) is 14.3 Å². The van der Waals surface area contributed by atoms with Crippen molar-refractivity contribution in [2.75, 3.05) is 6.61 Å². The lowest BCUT2D eigenvalue weighted by Crippen LogP contribution is -2.48. The predicted molar refractivity (Wildman–Crippen MR) is 108 cm³/mol. The number of hydrogen-bond donors (Lipinski definition) is 3. The van der Waals surface area contributed by atoms with Crippen molar-refractivity contribution < 1.29 is 24.2 Å². The Bertz CT molecular complexity index is 881. The Morgan fingerprint density at radius 3 is 2.07 bits per heavy atom. The molecule has 3 N–H and O–H groups in total. The van der Waals surface area contributed by atoms with Gasteiger partial charge in [0.15, 0.2) is 0 Å². The maximum atomic E-state index is 12.2. The van der Waals surface area contributed by atoms with Gasteiger partial charge in [0.05, 0.1) is 6.42 Å². The number of nitrogens with one attached hydrogen (secondary N) is 2. The molecule has 2 amide bonds. The number of carboxylic acid groups (broad SMARTS) is 1. The van der Waals surface area contributed by atoms with Crippen LogP contribution in [0.25, 0.3) is 11.1 Å². The van der Waals surface area contributed by atoms with Gasteiger partial charge in [-0.25, -0.2) is 4.79 Å². The smallest absolute Gasteiger partial charge is 0.407 e. The molecule has 7 heteroatoms. The maximum Gasteiger partial charge on any atom is 0.407 e. The molecule has 0 radical (unpaired) electrons. The summed E-state index contributed by atoms with van der Waals surface area (Å²) < 4.78 is 5.41. The summed E-state index contributed by atoms with van der Waals surface area (Å²) in [5.41, 5.74) is 4.49. The van der Waals surface area contributed by atoms with E-state index >= 15 is 0 Å². The zero-order chi connectivity index (χ0) is 21.0. The molecule has 0 spiro atoms. The molecule has 152 valence electrons. The molecule has 1 aliphatic carbocycles. The summed E-state index contributed by atoms with van der Waals surface area (Å²) in [5.74, 6) is -1.53. The fourth-order valence-electron chi connectivity index (χ4n) is 3.56. The van der Waals surface area contributed by atoms with Gasteiger partial charge in [-0.1, -0.05) is 48.5 Å². The molecule has 0 fully saturated rings. The molecule has 2 atom stereocenters. The number of carbonyl (C=O) groups excluding carboxylic acids is 2. The average molecular weight is 396 g/mol. The molecule has 1 aliphatic rings. The molecule has 0 unspecified atom stereocenters. The molecular formula is C22H24N2O5. The fraction of sp³-hybridized carbons (Fsp3) is 0.318. The first-order valence-electron chi connectivity index (χ1n) is 9.50. The molecule has 2 aromatic rings. The summed E-state index contributed by atoms with van der Waals surface area (Å²) in [6, 6.07) is 14.7. The van der Waals surface area contributed by atoms with Crippen LogP contribution >= 0.6 is 0 Å². The van der Waals surface area contributed by atoms with Crippen LogP contribution in [-0.4, -0.2) is 41.8 Å². The van der Waals surface area contributed by atoms with Crippen molar-refractivity contribution in [2.45, 2.75) is 38.3 Å². The Morgan fingerprint density at radius 1 is 0.966 bits per heavy atom. The van der Waals surface area contributed by atoms with E-state index in [0.717, 1.165) is 22.3 Å². The van der Waals surface area contributed by atoms with Crippen LogP contribution in [0.4, 0.5) is 4.79 Å². The molecule has 0 saturated carbocycles. The summed E-state index contributed by atoms with van der Waals surface area (Å²) in [5, 5.41) is 13.8.